The van der Waals surface area contributed by atoms with Crippen LogP contribution in [0, 0.1) is 12.3 Å². The minimum absolute atomic E-state index is 0.480. The van der Waals surface area contributed by atoms with Crippen LogP contribution in [-0.2, 0) is 13.0 Å². The number of terminal acetylenes is 1. The minimum atomic E-state index is 0.480. The van der Waals surface area contributed by atoms with Crippen LogP contribution in [0.15, 0.2) is 12.1 Å². The van der Waals surface area contributed by atoms with Crippen LogP contribution in [0.5, 0.6) is 0 Å². The molecule has 0 aliphatic rings. The second-order valence-electron chi connectivity index (χ2n) is 5.74. The van der Waals surface area contributed by atoms with E-state index in [2.05, 4.69) is 56.0 Å². The highest BCUT2D eigenvalue weighted by atomic mass is 15.2. The van der Waals surface area contributed by atoms with Crippen molar-refractivity contribution in [1.82, 2.24) is 10.3 Å². The summed E-state index contributed by atoms with van der Waals surface area (Å²) in [6.45, 7) is 11.1. The van der Waals surface area contributed by atoms with Crippen LogP contribution in [0.4, 0.5) is 5.82 Å². The Morgan fingerprint density at radius 3 is 2.62 bits per heavy atom. The normalized spacial score (nSPS) is 10.7. The van der Waals surface area contributed by atoms with E-state index in [-0.39, 0.29) is 0 Å². The highest BCUT2D eigenvalue weighted by Crippen LogP contribution is 2.17. The Morgan fingerprint density at radius 1 is 1.29 bits per heavy atom. The van der Waals surface area contributed by atoms with Gasteiger partial charge in [-0.05, 0) is 30.5 Å². The van der Waals surface area contributed by atoms with Gasteiger partial charge in [0.05, 0.1) is 6.54 Å². The summed E-state index contributed by atoms with van der Waals surface area (Å²) < 4.78 is 0. The van der Waals surface area contributed by atoms with E-state index in [1.54, 1.807) is 0 Å². The zero-order valence-electron chi connectivity index (χ0n) is 13.9. The lowest BCUT2D eigenvalue weighted by molar-refractivity contribution is 0.587. The molecule has 0 saturated heterocycles. The number of rotatable bonds is 9. The van der Waals surface area contributed by atoms with Gasteiger partial charge < -0.3 is 10.2 Å². The molecule has 1 aromatic heterocycles. The molecule has 116 valence electrons. The van der Waals surface area contributed by atoms with E-state index in [9.17, 15) is 0 Å². The first-order valence-corrected chi connectivity index (χ1v) is 8.02. The van der Waals surface area contributed by atoms with Crippen molar-refractivity contribution < 1.29 is 0 Å². The first-order chi connectivity index (χ1) is 10.1. The third kappa shape index (κ3) is 6.18. The van der Waals surface area contributed by atoms with Gasteiger partial charge in [-0.2, -0.15) is 0 Å². The van der Waals surface area contributed by atoms with Gasteiger partial charge in [0, 0.05) is 24.8 Å². The Hall–Kier alpha value is -1.53. The van der Waals surface area contributed by atoms with Gasteiger partial charge >= 0.3 is 0 Å². The van der Waals surface area contributed by atoms with Gasteiger partial charge in [-0.15, -0.1) is 6.42 Å². The number of hydrogen-bond acceptors (Lipinski definition) is 3. The molecule has 1 heterocycles. The van der Waals surface area contributed by atoms with Crippen molar-refractivity contribution in [3.05, 3.63) is 23.4 Å². The summed E-state index contributed by atoms with van der Waals surface area (Å²) in [6, 6.07) is 4.86. The summed E-state index contributed by atoms with van der Waals surface area (Å²) in [4.78, 5) is 6.98. The molecule has 0 aliphatic heterocycles. The molecule has 0 saturated carbocycles. The van der Waals surface area contributed by atoms with Gasteiger partial charge in [-0.1, -0.05) is 40.0 Å². The van der Waals surface area contributed by atoms with Crippen molar-refractivity contribution in [3.8, 4) is 12.3 Å². The van der Waals surface area contributed by atoms with Crippen molar-refractivity contribution in [3.63, 3.8) is 0 Å². The van der Waals surface area contributed by atoms with E-state index in [1.165, 1.54) is 5.56 Å². The number of nitrogens with one attached hydrogen (secondary N) is 1. The topological polar surface area (TPSA) is 28.2 Å². The summed E-state index contributed by atoms with van der Waals surface area (Å²) >= 11 is 0. The van der Waals surface area contributed by atoms with Crippen molar-refractivity contribution in [1.29, 1.82) is 0 Å². The lowest BCUT2D eigenvalue weighted by atomic mass is 10.1. The largest absolute Gasteiger partial charge is 0.345 e. The van der Waals surface area contributed by atoms with E-state index in [0.29, 0.717) is 12.6 Å². The van der Waals surface area contributed by atoms with E-state index >= 15 is 0 Å². The summed E-state index contributed by atoms with van der Waals surface area (Å²) in [5.41, 5.74) is 2.45. The molecule has 0 aromatic carbocycles. The molecule has 0 amide bonds. The molecular formula is C18H29N3. The van der Waals surface area contributed by atoms with Crippen LogP contribution in [0.25, 0.3) is 0 Å². The highest BCUT2D eigenvalue weighted by molar-refractivity contribution is 5.44. The number of nitrogens with zero attached hydrogens (tertiary/aromatic N) is 2. The monoisotopic (exact) mass is 287 g/mol. The van der Waals surface area contributed by atoms with Gasteiger partial charge in [-0.25, -0.2) is 4.98 Å². The lowest BCUT2D eigenvalue weighted by Gasteiger charge is -2.22. The van der Waals surface area contributed by atoms with Crippen LogP contribution in [0.2, 0.25) is 0 Å². The van der Waals surface area contributed by atoms with Crippen molar-refractivity contribution in [2.75, 3.05) is 18.0 Å². The average Bonchev–Trinajstić information content (AvgIpc) is 2.45. The van der Waals surface area contributed by atoms with Crippen molar-refractivity contribution >= 4 is 5.82 Å². The molecule has 0 radical (unpaired) electrons. The third-order valence-electron chi connectivity index (χ3n) is 3.24. The van der Waals surface area contributed by atoms with Crippen LogP contribution in [-0.4, -0.2) is 24.1 Å². The molecular weight excluding hydrogens is 258 g/mol. The molecule has 0 unspecified atom stereocenters. The summed E-state index contributed by atoms with van der Waals surface area (Å²) in [5, 5.41) is 3.47. The SMILES string of the molecule is C#CCN(CCC)c1cc(CNC(C)C)cc(CCC)n1. The number of hydrogen-bond donors (Lipinski definition) is 1. The van der Waals surface area contributed by atoms with Crippen LogP contribution >= 0.6 is 0 Å². The molecule has 0 atom stereocenters. The maximum absolute atomic E-state index is 5.50. The molecule has 0 spiro atoms. The van der Waals surface area contributed by atoms with Crippen LogP contribution in [0.1, 0.15) is 51.8 Å². The van der Waals surface area contributed by atoms with E-state index in [0.717, 1.165) is 43.9 Å². The molecule has 3 nitrogen and oxygen atoms in total. The molecule has 1 rings (SSSR count). The minimum Gasteiger partial charge on any atom is -0.345 e. The highest BCUT2D eigenvalue weighted by Gasteiger charge is 2.09. The zero-order chi connectivity index (χ0) is 15.7. The number of anilines is 1. The fourth-order valence-corrected chi connectivity index (χ4v) is 2.26. The van der Waals surface area contributed by atoms with Crippen molar-refractivity contribution in [2.45, 2.75) is 59.5 Å². The van der Waals surface area contributed by atoms with Crippen LogP contribution in [0.3, 0.4) is 0 Å². The first-order valence-electron chi connectivity index (χ1n) is 8.02. The Balaban J connectivity index is 3.01. The number of aryl methyl sites for hydroxylation is 1. The third-order valence-corrected chi connectivity index (χ3v) is 3.24. The molecule has 21 heavy (non-hydrogen) atoms. The standard InChI is InChI=1S/C18H29N3/c1-6-9-17-12-16(14-19-15(4)5)13-18(20-17)21(10-7-2)11-8-3/h2,12-13,15,19H,6,8-11,14H2,1,3-5H3. The van der Waals surface area contributed by atoms with Crippen molar-refractivity contribution in [2.24, 2.45) is 0 Å². The average molecular weight is 287 g/mol. The fourth-order valence-electron chi connectivity index (χ4n) is 2.26. The Kier molecular flexibility index (Phi) is 7.85. The zero-order valence-corrected chi connectivity index (χ0v) is 13.9. The number of pyridine rings is 1. The van der Waals surface area contributed by atoms with Gasteiger partial charge in [0.1, 0.15) is 5.82 Å². The van der Waals surface area contributed by atoms with E-state index < -0.39 is 0 Å². The quantitative estimate of drug-likeness (QED) is 0.706. The molecule has 0 fully saturated rings. The summed E-state index contributed by atoms with van der Waals surface area (Å²) in [6.07, 6.45) is 8.69. The second kappa shape index (κ2) is 9.41. The Bertz CT molecular complexity index is 460. The van der Waals surface area contributed by atoms with Crippen LogP contribution < -0.4 is 10.2 Å². The molecule has 1 N–H and O–H groups in total. The lowest BCUT2D eigenvalue weighted by Crippen LogP contribution is -2.26. The summed E-state index contributed by atoms with van der Waals surface area (Å²) in [7, 11) is 0. The second-order valence-corrected chi connectivity index (χ2v) is 5.74. The number of aromatic nitrogens is 1. The van der Waals surface area contributed by atoms with E-state index in [1.807, 2.05) is 0 Å². The molecule has 0 aliphatic carbocycles. The molecule has 3 heteroatoms. The first kappa shape index (κ1) is 17.5. The van der Waals surface area contributed by atoms with E-state index in [4.69, 9.17) is 11.4 Å². The Labute approximate surface area is 130 Å². The maximum Gasteiger partial charge on any atom is 0.129 e. The van der Waals surface area contributed by atoms with Gasteiger partial charge in [0.25, 0.3) is 0 Å². The molecule has 1 aromatic rings. The summed E-state index contributed by atoms with van der Waals surface area (Å²) in [5.74, 6) is 3.76. The Morgan fingerprint density at radius 2 is 2.05 bits per heavy atom. The smallest absolute Gasteiger partial charge is 0.129 e. The molecule has 0 bridgehead atoms. The van der Waals surface area contributed by atoms with Gasteiger partial charge in [-0.3, -0.25) is 0 Å². The predicted molar refractivity (Wildman–Crippen MR) is 91.5 cm³/mol. The maximum atomic E-state index is 5.50. The predicted octanol–water partition coefficient (Wildman–Crippen LogP) is 3.38. The van der Waals surface area contributed by atoms with Gasteiger partial charge in [0.2, 0.25) is 0 Å². The fraction of sp³-hybridized carbons (Fsp3) is 0.611. The van der Waals surface area contributed by atoms with Gasteiger partial charge in [0.15, 0.2) is 0 Å².